The predicted octanol–water partition coefficient (Wildman–Crippen LogP) is 4.85. The third-order valence-corrected chi connectivity index (χ3v) is 6.18. The quantitative estimate of drug-likeness (QED) is 0.484. The topological polar surface area (TPSA) is 54.1 Å². The minimum atomic E-state index is 0.394. The van der Waals surface area contributed by atoms with E-state index in [1.165, 1.54) is 16.7 Å². The Hall–Kier alpha value is -3.62. The predicted molar refractivity (Wildman–Crippen MR) is 121 cm³/mol. The van der Waals surface area contributed by atoms with E-state index in [0.29, 0.717) is 17.4 Å². The van der Waals surface area contributed by atoms with Crippen LogP contribution >= 0.6 is 0 Å². The highest BCUT2D eigenvalue weighted by molar-refractivity contribution is 5.77. The molecule has 0 spiro atoms. The van der Waals surface area contributed by atoms with Gasteiger partial charge in [-0.2, -0.15) is 5.26 Å². The molecule has 0 N–H and O–H groups in total. The van der Waals surface area contributed by atoms with Gasteiger partial charge in [-0.1, -0.05) is 24.3 Å². The Morgan fingerprint density at radius 1 is 1.10 bits per heavy atom. The number of hydrogen-bond donors (Lipinski definition) is 0. The maximum atomic E-state index is 9.39. The van der Waals surface area contributed by atoms with E-state index in [2.05, 4.69) is 57.8 Å². The Morgan fingerprint density at radius 3 is 2.81 bits per heavy atom. The smallest absolute Gasteiger partial charge is 0.136 e. The number of fused-ring (bicyclic) bond motifs is 2. The Balaban J connectivity index is 1.42. The van der Waals surface area contributed by atoms with Crippen molar-refractivity contribution in [1.29, 1.82) is 5.26 Å². The Labute approximate surface area is 182 Å². The van der Waals surface area contributed by atoms with Gasteiger partial charge in [-0.3, -0.25) is 9.47 Å². The number of benzene rings is 3. The lowest BCUT2D eigenvalue weighted by Gasteiger charge is -2.35. The van der Waals surface area contributed by atoms with Crippen molar-refractivity contribution in [2.24, 2.45) is 0 Å². The van der Waals surface area contributed by atoms with Crippen molar-refractivity contribution in [2.75, 3.05) is 7.11 Å². The van der Waals surface area contributed by atoms with E-state index in [1.54, 1.807) is 7.11 Å². The highest BCUT2D eigenvalue weighted by Gasteiger charge is 2.24. The lowest BCUT2D eigenvalue weighted by Crippen LogP contribution is -2.37. The van der Waals surface area contributed by atoms with Crippen molar-refractivity contribution in [3.8, 4) is 17.5 Å². The second-order valence-electron chi connectivity index (χ2n) is 8.16. The lowest BCUT2D eigenvalue weighted by molar-refractivity contribution is 0.175. The van der Waals surface area contributed by atoms with E-state index in [9.17, 15) is 5.26 Å². The zero-order valence-corrected chi connectivity index (χ0v) is 17.7. The standard InChI is InChI=1S/C26H24N4O/c1-18-10-20-12-21(14-27)26(31-2)13-22(20)16-29(18)15-19-6-5-7-23(11-19)30-17-28-24-8-3-4-9-25(24)30/h3-9,11-13,17-18H,10,15-16H2,1-2H3. The van der Waals surface area contributed by atoms with Gasteiger partial charge in [0.05, 0.1) is 23.7 Å². The van der Waals surface area contributed by atoms with Gasteiger partial charge in [0.25, 0.3) is 0 Å². The van der Waals surface area contributed by atoms with Gasteiger partial charge in [0, 0.05) is 24.8 Å². The summed E-state index contributed by atoms with van der Waals surface area (Å²) in [5.74, 6) is 0.657. The highest BCUT2D eigenvalue weighted by atomic mass is 16.5. The van der Waals surface area contributed by atoms with E-state index >= 15 is 0 Å². The second kappa shape index (κ2) is 7.90. The molecule has 0 saturated carbocycles. The van der Waals surface area contributed by atoms with E-state index < -0.39 is 0 Å². The van der Waals surface area contributed by atoms with Crippen LogP contribution in [0.25, 0.3) is 16.7 Å². The molecule has 5 rings (SSSR count). The first-order valence-electron chi connectivity index (χ1n) is 10.5. The molecular formula is C26H24N4O. The first kappa shape index (κ1) is 19.3. The van der Waals surface area contributed by atoms with Gasteiger partial charge in [-0.05, 0) is 66.4 Å². The van der Waals surface area contributed by atoms with Crippen molar-refractivity contribution >= 4 is 11.0 Å². The molecule has 0 radical (unpaired) electrons. The van der Waals surface area contributed by atoms with Gasteiger partial charge in [0.15, 0.2) is 0 Å². The van der Waals surface area contributed by atoms with Crippen LogP contribution in [0.3, 0.4) is 0 Å². The molecule has 1 unspecified atom stereocenters. The number of imidazole rings is 1. The number of hydrogen-bond acceptors (Lipinski definition) is 4. The lowest BCUT2D eigenvalue weighted by atomic mass is 9.92. The molecule has 0 bridgehead atoms. The fourth-order valence-electron chi connectivity index (χ4n) is 4.50. The average Bonchev–Trinajstić information content (AvgIpc) is 3.23. The molecule has 1 aromatic heterocycles. The molecule has 5 nitrogen and oxygen atoms in total. The molecule has 1 atom stereocenters. The molecule has 3 aromatic carbocycles. The van der Waals surface area contributed by atoms with Gasteiger partial charge in [0.2, 0.25) is 0 Å². The van der Waals surface area contributed by atoms with Crippen molar-refractivity contribution in [3.05, 3.63) is 89.2 Å². The number of nitriles is 1. The maximum absolute atomic E-state index is 9.39. The number of para-hydroxylation sites is 2. The van der Waals surface area contributed by atoms with E-state index in [4.69, 9.17) is 4.74 Å². The van der Waals surface area contributed by atoms with Crippen molar-refractivity contribution in [1.82, 2.24) is 14.5 Å². The van der Waals surface area contributed by atoms with Crippen LogP contribution in [0.15, 0.2) is 67.0 Å². The Kier molecular flexibility index (Phi) is 4.93. The number of methoxy groups -OCH3 is 1. The van der Waals surface area contributed by atoms with Crippen molar-refractivity contribution in [3.63, 3.8) is 0 Å². The van der Waals surface area contributed by atoms with Crippen molar-refractivity contribution in [2.45, 2.75) is 32.5 Å². The van der Waals surface area contributed by atoms with Crippen LogP contribution in [-0.4, -0.2) is 27.6 Å². The van der Waals surface area contributed by atoms with Crippen molar-refractivity contribution < 1.29 is 4.74 Å². The van der Waals surface area contributed by atoms with E-state index in [0.717, 1.165) is 36.2 Å². The summed E-state index contributed by atoms with van der Waals surface area (Å²) < 4.78 is 7.57. The van der Waals surface area contributed by atoms with Crippen LogP contribution in [0.5, 0.6) is 5.75 Å². The Morgan fingerprint density at radius 2 is 1.97 bits per heavy atom. The zero-order valence-electron chi connectivity index (χ0n) is 17.7. The van der Waals surface area contributed by atoms with Gasteiger partial charge >= 0.3 is 0 Å². The van der Waals surface area contributed by atoms with Crippen LogP contribution in [-0.2, 0) is 19.5 Å². The van der Waals surface area contributed by atoms with Gasteiger partial charge in [0.1, 0.15) is 18.1 Å². The summed E-state index contributed by atoms with van der Waals surface area (Å²) in [6.45, 7) is 3.96. The molecular weight excluding hydrogens is 384 g/mol. The number of aromatic nitrogens is 2. The Bertz CT molecular complexity index is 1300. The summed E-state index contributed by atoms with van der Waals surface area (Å²) in [7, 11) is 1.62. The van der Waals surface area contributed by atoms with Crippen LogP contribution in [0.4, 0.5) is 0 Å². The molecule has 5 heteroatoms. The minimum Gasteiger partial charge on any atom is -0.495 e. The number of ether oxygens (including phenoxy) is 1. The van der Waals surface area contributed by atoms with Crippen LogP contribution in [0.1, 0.15) is 29.2 Å². The SMILES string of the molecule is COc1cc2c(cc1C#N)CC(C)N(Cc1cccc(-n3cnc4ccccc43)c1)C2. The number of nitrogens with zero attached hydrogens (tertiary/aromatic N) is 4. The monoisotopic (exact) mass is 408 g/mol. The van der Waals surface area contributed by atoms with E-state index in [-0.39, 0.29) is 0 Å². The summed E-state index contributed by atoms with van der Waals surface area (Å²) in [5.41, 5.74) is 7.61. The largest absolute Gasteiger partial charge is 0.495 e. The summed E-state index contributed by atoms with van der Waals surface area (Å²) in [6, 6.07) is 23.5. The summed E-state index contributed by atoms with van der Waals surface area (Å²) in [6.07, 6.45) is 2.82. The van der Waals surface area contributed by atoms with Gasteiger partial charge in [-0.25, -0.2) is 4.98 Å². The molecule has 0 amide bonds. The first-order valence-corrected chi connectivity index (χ1v) is 10.5. The molecule has 2 heterocycles. The molecule has 0 aliphatic carbocycles. The fourth-order valence-corrected chi connectivity index (χ4v) is 4.50. The van der Waals surface area contributed by atoms with Gasteiger partial charge < -0.3 is 4.74 Å². The summed E-state index contributed by atoms with van der Waals surface area (Å²) >= 11 is 0. The zero-order chi connectivity index (χ0) is 21.4. The second-order valence-corrected chi connectivity index (χ2v) is 8.16. The highest BCUT2D eigenvalue weighted by Crippen LogP contribution is 2.31. The van der Waals surface area contributed by atoms with Gasteiger partial charge in [-0.15, -0.1) is 0 Å². The molecule has 1 aliphatic heterocycles. The molecule has 1 aliphatic rings. The molecule has 154 valence electrons. The average molecular weight is 409 g/mol. The molecule has 4 aromatic rings. The molecule has 0 saturated heterocycles. The minimum absolute atomic E-state index is 0.394. The van der Waals surface area contributed by atoms with E-state index in [1.807, 2.05) is 36.7 Å². The van der Waals surface area contributed by atoms with Crippen LogP contribution < -0.4 is 4.74 Å². The third kappa shape index (κ3) is 3.56. The summed E-state index contributed by atoms with van der Waals surface area (Å²) in [4.78, 5) is 7.01. The first-order chi connectivity index (χ1) is 15.2. The third-order valence-electron chi connectivity index (χ3n) is 6.18. The summed E-state index contributed by atoms with van der Waals surface area (Å²) in [5, 5.41) is 9.39. The van der Waals surface area contributed by atoms with Crippen LogP contribution in [0, 0.1) is 11.3 Å². The van der Waals surface area contributed by atoms with Crippen LogP contribution in [0.2, 0.25) is 0 Å². The normalized spacial score (nSPS) is 16.1. The molecule has 0 fully saturated rings. The number of rotatable bonds is 4. The molecule has 31 heavy (non-hydrogen) atoms. The maximum Gasteiger partial charge on any atom is 0.136 e. The fraction of sp³-hybridized carbons (Fsp3) is 0.231.